The number of aromatic nitrogens is 4. The minimum atomic E-state index is -0.227. The number of nitrogens with zero attached hydrogens (tertiary/aromatic N) is 6. The topological polar surface area (TPSA) is 105 Å². The molecular weight excluding hydrogens is 440 g/mol. The molecule has 5 rings (SSSR count). The van der Waals surface area contributed by atoms with E-state index >= 15 is 0 Å². The van der Waals surface area contributed by atoms with E-state index in [0.717, 1.165) is 37.4 Å². The summed E-state index contributed by atoms with van der Waals surface area (Å²) >= 11 is 0. The van der Waals surface area contributed by atoms with Crippen molar-refractivity contribution in [3.8, 4) is 5.69 Å². The third-order valence-corrected chi connectivity index (χ3v) is 6.51. The molecule has 0 bridgehead atoms. The van der Waals surface area contributed by atoms with Gasteiger partial charge in [-0.25, -0.2) is 15.0 Å². The van der Waals surface area contributed by atoms with Crippen LogP contribution in [0.1, 0.15) is 19.4 Å². The monoisotopic (exact) mass is 470 g/mol. The first-order chi connectivity index (χ1) is 16.9. The second-order valence-electron chi connectivity index (χ2n) is 9.18. The maximum Gasteiger partial charge on any atom is 0.274 e. The van der Waals surface area contributed by atoms with E-state index in [1.54, 1.807) is 22.9 Å². The van der Waals surface area contributed by atoms with Crippen molar-refractivity contribution in [1.29, 1.82) is 0 Å². The molecule has 180 valence electrons. The zero-order chi connectivity index (χ0) is 24.5. The van der Waals surface area contributed by atoms with Crippen LogP contribution >= 0.6 is 0 Å². The lowest BCUT2D eigenvalue weighted by molar-refractivity contribution is 0.209. The number of benzene rings is 1. The van der Waals surface area contributed by atoms with Crippen molar-refractivity contribution in [2.75, 3.05) is 42.1 Å². The van der Waals surface area contributed by atoms with Gasteiger partial charge in [0.15, 0.2) is 0 Å². The van der Waals surface area contributed by atoms with Crippen molar-refractivity contribution >= 4 is 34.0 Å². The van der Waals surface area contributed by atoms with E-state index < -0.39 is 0 Å². The van der Waals surface area contributed by atoms with Gasteiger partial charge in [-0.2, -0.15) is 0 Å². The molecule has 1 aromatic carbocycles. The Balaban J connectivity index is 1.41. The number of piperazine rings is 1. The zero-order valence-corrected chi connectivity index (χ0v) is 20.3. The molecule has 0 spiro atoms. The molecule has 9 heteroatoms. The van der Waals surface area contributed by atoms with Gasteiger partial charge in [0, 0.05) is 49.7 Å². The number of nitrogens with two attached hydrogens (primary N) is 1. The number of pyridine rings is 2. The Morgan fingerprint density at radius 2 is 1.60 bits per heavy atom. The molecule has 1 aliphatic heterocycles. The number of nitrogen functional groups attached to an aromatic ring is 1. The molecule has 1 saturated heterocycles. The lowest BCUT2D eigenvalue weighted by atomic mass is 10.2. The van der Waals surface area contributed by atoms with Gasteiger partial charge in [0.05, 0.1) is 29.8 Å². The van der Waals surface area contributed by atoms with Gasteiger partial charge in [0.1, 0.15) is 17.2 Å². The van der Waals surface area contributed by atoms with Crippen LogP contribution in [0.2, 0.25) is 0 Å². The van der Waals surface area contributed by atoms with E-state index in [1.165, 1.54) is 6.20 Å². The van der Waals surface area contributed by atoms with Crippen LogP contribution in [0.3, 0.4) is 0 Å². The van der Waals surface area contributed by atoms with E-state index in [4.69, 9.17) is 5.73 Å². The molecule has 1 fully saturated rings. The Hall–Kier alpha value is -3.98. The third-order valence-electron chi connectivity index (χ3n) is 6.51. The fourth-order valence-corrected chi connectivity index (χ4v) is 4.53. The molecule has 0 saturated carbocycles. The Kier molecular flexibility index (Phi) is 6.08. The average molecular weight is 471 g/mol. The fraction of sp³-hybridized carbons (Fsp3) is 0.308. The number of anilines is 4. The lowest BCUT2D eigenvalue weighted by Gasteiger charge is -2.38. The number of rotatable bonds is 5. The summed E-state index contributed by atoms with van der Waals surface area (Å²) in [4.78, 5) is 31.0. The minimum absolute atomic E-state index is 0.227. The zero-order valence-electron chi connectivity index (χ0n) is 20.3. The second kappa shape index (κ2) is 9.34. The molecule has 0 radical (unpaired) electrons. The van der Waals surface area contributed by atoms with E-state index in [0.29, 0.717) is 40.1 Å². The van der Waals surface area contributed by atoms with Crippen LogP contribution in [-0.4, -0.2) is 56.6 Å². The highest BCUT2D eigenvalue weighted by molar-refractivity contribution is 5.79. The number of fused-ring (bicyclic) bond motifs is 1. The van der Waals surface area contributed by atoms with E-state index in [1.807, 2.05) is 30.5 Å². The van der Waals surface area contributed by atoms with E-state index in [9.17, 15) is 4.79 Å². The van der Waals surface area contributed by atoms with Gasteiger partial charge in [-0.1, -0.05) is 0 Å². The van der Waals surface area contributed by atoms with Crippen LogP contribution in [0.15, 0.2) is 59.8 Å². The molecule has 4 heterocycles. The smallest absolute Gasteiger partial charge is 0.274 e. The van der Waals surface area contributed by atoms with E-state index in [-0.39, 0.29) is 5.56 Å². The maximum absolute atomic E-state index is 12.7. The Bertz CT molecular complexity index is 1410. The Morgan fingerprint density at radius 3 is 2.29 bits per heavy atom. The molecule has 3 N–H and O–H groups in total. The first kappa shape index (κ1) is 22.8. The van der Waals surface area contributed by atoms with Crippen LogP contribution in [0.4, 0.5) is 23.0 Å². The summed E-state index contributed by atoms with van der Waals surface area (Å²) in [6.07, 6.45) is 4.88. The maximum atomic E-state index is 12.7. The summed E-state index contributed by atoms with van der Waals surface area (Å²) in [5, 5.41) is 3.28. The van der Waals surface area contributed by atoms with Gasteiger partial charge in [-0.05, 0) is 56.7 Å². The molecule has 4 aromatic rings. The van der Waals surface area contributed by atoms with Crippen LogP contribution < -0.4 is 21.5 Å². The summed E-state index contributed by atoms with van der Waals surface area (Å²) in [6.45, 7) is 10.7. The Labute approximate surface area is 204 Å². The second-order valence-corrected chi connectivity index (χ2v) is 9.18. The molecule has 3 aromatic heterocycles. The molecule has 0 aliphatic carbocycles. The van der Waals surface area contributed by atoms with Gasteiger partial charge < -0.3 is 16.0 Å². The summed E-state index contributed by atoms with van der Waals surface area (Å²) in [5.74, 6) is 1.28. The summed E-state index contributed by atoms with van der Waals surface area (Å²) in [7, 11) is 0. The number of aryl methyl sites for hydroxylation is 1. The molecule has 0 atom stereocenters. The van der Waals surface area contributed by atoms with E-state index in [2.05, 4.69) is 50.8 Å². The van der Waals surface area contributed by atoms with Crippen LogP contribution in [0, 0.1) is 6.92 Å². The highest BCUT2D eigenvalue weighted by atomic mass is 16.1. The number of hydrogen-bond acceptors (Lipinski definition) is 8. The van der Waals surface area contributed by atoms with Crippen molar-refractivity contribution in [3.63, 3.8) is 0 Å². The Morgan fingerprint density at radius 1 is 0.914 bits per heavy atom. The average Bonchev–Trinajstić information content (AvgIpc) is 2.85. The SMILES string of the molecule is Cc1cc(Nc2cc3c(cn2)ncc(=O)n3-c2ccc(N)cc2)ncc1N1CCN(C(C)C)CC1. The van der Waals surface area contributed by atoms with Crippen molar-refractivity contribution in [2.24, 2.45) is 0 Å². The van der Waals surface area contributed by atoms with Gasteiger partial charge >= 0.3 is 0 Å². The van der Waals surface area contributed by atoms with Crippen LogP contribution in [-0.2, 0) is 0 Å². The molecular formula is C26H30N8O. The highest BCUT2D eigenvalue weighted by Crippen LogP contribution is 2.25. The normalized spacial score (nSPS) is 14.6. The van der Waals surface area contributed by atoms with Crippen LogP contribution in [0.5, 0.6) is 0 Å². The lowest BCUT2D eigenvalue weighted by Crippen LogP contribution is -2.49. The first-order valence-electron chi connectivity index (χ1n) is 11.9. The molecule has 0 amide bonds. The summed E-state index contributed by atoms with van der Waals surface area (Å²) in [6, 6.07) is 11.6. The van der Waals surface area contributed by atoms with Crippen molar-refractivity contribution in [2.45, 2.75) is 26.8 Å². The molecule has 9 nitrogen and oxygen atoms in total. The number of hydrogen-bond donors (Lipinski definition) is 2. The standard InChI is InChI=1S/C26H30N8O/c1-17(2)32-8-10-33(11-9-32)23-15-30-24(12-18(23)3)31-25-13-22-21(14-29-25)28-16-26(35)34(22)20-6-4-19(27)5-7-20/h4-7,12-17H,8-11,27H2,1-3H3,(H,29,30,31). The van der Waals surface area contributed by atoms with Gasteiger partial charge in [0.25, 0.3) is 5.56 Å². The van der Waals surface area contributed by atoms with Crippen molar-refractivity contribution < 1.29 is 0 Å². The van der Waals surface area contributed by atoms with Crippen molar-refractivity contribution in [1.82, 2.24) is 24.4 Å². The van der Waals surface area contributed by atoms with Gasteiger partial charge in [-0.15, -0.1) is 0 Å². The molecule has 1 aliphatic rings. The first-order valence-corrected chi connectivity index (χ1v) is 11.9. The van der Waals surface area contributed by atoms with Crippen LogP contribution in [0.25, 0.3) is 16.7 Å². The number of nitrogens with one attached hydrogen (secondary N) is 1. The predicted octanol–water partition coefficient (Wildman–Crippen LogP) is 3.34. The minimum Gasteiger partial charge on any atom is -0.399 e. The van der Waals surface area contributed by atoms with Crippen molar-refractivity contribution in [3.05, 3.63) is 70.9 Å². The molecule has 0 unspecified atom stereocenters. The summed E-state index contributed by atoms with van der Waals surface area (Å²) < 4.78 is 1.60. The molecule has 35 heavy (non-hydrogen) atoms. The highest BCUT2D eigenvalue weighted by Gasteiger charge is 2.20. The quantitative estimate of drug-likeness (QED) is 0.428. The summed E-state index contributed by atoms with van der Waals surface area (Å²) in [5.41, 5.74) is 10.5. The van der Waals surface area contributed by atoms with Gasteiger partial charge in [0.2, 0.25) is 0 Å². The van der Waals surface area contributed by atoms with Gasteiger partial charge in [-0.3, -0.25) is 14.3 Å². The third kappa shape index (κ3) is 4.67. The largest absolute Gasteiger partial charge is 0.399 e. The fourth-order valence-electron chi connectivity index (χ4n) is 4.53. The predicted molar refractivity (Wildman–Crippen MR) is 141 cm³/mol.